The molecule has 1 aliphatic heterocycles. The van der Waals surface area contributed by atoms with Crippen molar-refractivity contribution in [2.75, 3.05) is 13.1 Å². The molecule has 1 N–H and O–H groups in total. The van der Waals surface area contributed by atoms with Gasteiger partial charge >= 0.3 is 0 Å². The van der Waals surface area contributed by atoms with Gasteiger partial charge in [-0.25, -0.2) is 9.37 Å². The Kier molecular flexibility index (Phi) is 5.10. The molecule has 7 heteroatoms. The molecular weight excluding hydrogens is 313 g/mol. The van der Waals surface area contributed by atoms with Crippen LogP contribution in [0, 0.1) is 5.82 Å². The Morgan fingerprint density at radius 1 is 1.42 bits per heavy atom. The van der Waals surface area contributed by atoms with Crippen LogP contribution in [-0.4, -0.2) is 50.8 Å². The van der Waals surface area contributed by atoms with E-state index in [1.807, 2.05) is 10.8 Å². The summed E-state index contributed by atoms with van der Waals surface area (Å²) in [6, 6.07) is 5.77. The number of carbonyl (C=O) groups excluding carboxylic acids is 1. The number of hydrogen-bond acceptors (Lipinski definition) is 4. The monoisotopic (exact) mass is 333 g/mol. The molecule has 1 saturated heterocycles. The lowest BCUT2D eigenvalue weighted by atomic mass is 10.2. The van der Waals surface area contributed by atoms with Crippen LogP contribution in [0.25, 0.3) is 0 Å². The predicted octanol–water partition coefficient (Wildman–Crippen LogP) is 1.45. The molecule has 0 aliphatic carbocycles. The Bertz CT molecular complexity index is 677. The maximum absolute atomic E-state index is 13.2. The number of β-amino-alcohol motifs (C(OH)–C–C–N with tert-alkyl or cyclic N) is 1. The highest BCUT2D eigenvalue weighted by Crippen LogP contribution is 2.20. The summed E-state index contributed by atoms with van der Waals surface area (Å²) in [5, 5.41) is 10.1. The van der Waals surface area contributed by atoms with Crippen molar-refractivity contribution in [1.29, 1.82) is 0 Å². The van der Waals surface area contributed by atoms with Crippen LogP contribution in [-0.2, 0) is 11.3 Å². The van der Waals surface area contributed by atoms with Gasteiger partial charge in [0, 0.05) is 31.4 Å². The van der Waals surface area contributed by atoms with E-state index < -0.39 is 18.0 Å². The number of imidazole rings is 1. The second-order valence-corrected chi connectivity index (χ2v) is 5.88. The number of carbonyl (C=O) groups is 1. The predicted molar refractivity (Wildman–Crippen MR) is 84.9 cm³/mol. The molecule has 24 heavy (non-hydrogen) atoms. The first kappa shape index (κ1) is 16.4. The zero-order valence-corrected chi connectivity index (χ0v) is 13.2. The van der Waals surface area contributed by atoms with E-state index in [0.29, 0.717) is 25.1 Å². The van der Waals surface area contributed by atoms with Gasteiger partial charge in [-0.3, -0.25) is 4.79 Å². The zero-order chi connectivity index (χ0) is 16.9. The largest absolute Gasteiger partial charge is 0.486 e. The van der Waals surface area contributed by atoms with Gasteiger partial charge in [-0.2, -0.15) is 0 Å². The topological polar surface area (TPSA) is 67.6 Å². The maximum Gasteiger partial charge on any atom is 0.222 e. The molecule has 6 nitrogen and oxygen atoms in total. The molecule has 1 amide bonds. The molecule has 3 rings (SSSR count). The van der Waals surface area contributed by atoms with Crippen LogP contribution < -0.4 is 4.74 Å². The lowest BCUT2D eigenvalue weighted by Gasteiger charge is -2.17. The van der Waals surface area contributed by atoms with Crippen molar-refractivity contribution in [2.24, 2.45) is 0 Å². The summed E-state index contributed by atoms with van der Waals surface area (Å²) in [5.41, 5.74) is 0. The average molecular weight is 333 g/mol. The molecule has 0 saturated carbocycles. The molecule has 128 valence electrons. The van der Waals surface area contributed by atoms with Crippen molar-refractivity contribution in [1.82, 2.24) is 14.5 Å². The fourth-order valence-corrected chi connectivity index (χ4v) is 2.78. The summed E-state index contributed by atoms with van der Waals surface area (Å²) in [4.78, 5) is 17.8. The number of aliphatic hydroxyl groups excluding tert-OH is 1. The summed E-state index contributed by atoms with van der Waals surface area (Å²) in [6.07, 6.45) is 5.07. The van der Waals surface area contributed by atoms with Crippen molar-refractivity contribution >= 4 is 5.91 Å². The van der Waals surface area contributed by atoms with Gasteiger partial charge in [0.15, 0.2) is 0 Å². The number of likely N-dealkylation sites (tertiary alicyclic amines) is 1. The van der Waals surface area contributed by atoms with E-state index in [9.17, 15) is 14.3 Å². The standard InChI is InChI=1S/C17H20FN3O3/c18-13-3-1-4-14(9-13)24-16-11-21(10-15(16)22)17(23)5-2-7-20-8-6-19-12-20/h1,3-4,6,8-9,12,15-16,22H,2,5,7,10-11H2/t15-,16-/m1/s1. The number of hydrogen-bond donors (Lipinski definition) is 1. The van der Waals surface area contributed by atoms with Crippen molar-refractivity contribution < 1.29 is 19.0 Å². The molecular formula is C17H20FN3O3. The van der Waals surface area contributed by atoms with Crippen LogP contribution in [0.15, 0.2) is 43.0 Å². The number of amides is 1. The maximum atomic E-state index is 13.2. The molecule has 2 aromatic rings. The highest BCUT2D eigenvalue weighted by Gasteiger charge is 2.35. The number of aryl methyl sites for hydroxylation is 1. The van der Waals surface area contributed by atoms with Crippen LogP contribution in [0.5, 0.6) is 5.75 Å². The highest BCUT2D eigenvalue weighted by atomic mass is 19.1. The van der Waals surface area contributed by atoms with E-state index in [2.05, 4.69) is 4.98 Å². The average Bonchev–Trinajstić information content (AvgIpc) is 3.18. The minimum atomic E-state index is -0.772. The second kappa shape index (κ2) is 7.44. The molecule has 1 aromatic carbocycles. The van der Waals surface area contributed by atoms with Crippen LogP contribution in [0.4, 0.5) is 4.39 Å². The van der Waals surface area contributed by atoms with Crippen LogP contribution in [0.2, 0.25) is 0 Å². The smallest absolute Gasteiger partial charge is 0.222 e. The number of nitrogens with zero attached hydrogens (tertiary/aromatic N) is 3. The lowest BCUT2D eigenvalue weighted by molar-refractivity contribution is -0.130. The minimum Gasteiger partial charge on any atom is -0.486 e. The van der Waals surface area contributed by atoms with Gasteiger partial charge in [0.25, 0.3) is 0 Å². The molecule has 2 atom stereocenters. The van der Waals surface area contributed by atoms with Crippen LogP contribution in [0.1, 0.15) is 12.8 Å². The first-order chi connectivity index (χ1) is 11.6. The summed E-state index contributed by atoms with van der Waals surface area (Å²) >= 11 is 0. The molecule has 0 unspecified atom stereocenters. The number of aliphatic hydroxyl groups is 1. The molecule has 0 radical (unpaired) electrons. The molecule has 2 heterocycles. The first-order valence-corrected chi connectivity index (χ1v) is 7.95. The molecule has 1 aliphatic rings. The fourth-order valence-electron chi connectivity index (χ4n) is 2.78. The SMILES string of the molecule is O=C(CCCn1ccnc1)N1C[C@@H](O)[C@H](Oc2cccc(F)c2)C1. The van der Waals surface area contributed by atoms with Gasteiger partial charge in [0.1, 0.15) is 23.8 Å². The van der Waals surface area contributed by atoms with Crippen molar-refractivity contribution in [2.45, 2.75) is 31.6 Å². The van der Waals surface area contributed by atoms with E-state index >= 15 is 0 Å². The zero-order valence-electron chi connectivity index (χ0n) is 13.2. The van der Waals surface area contributed by atoms with Gasteiger partial charge < -0.3 is 19.3 Å². The van der Waals surface area contributed by atoms with E-state index in [1.165, 1.54) is 12.1 Å². The molecule has 1 aromatic heterocycles. The summed E-state index contributed by atoms with van der Waals surface area (Å²) in [7, 11) is 0. The Hall–Kier alpha value is -2.41. The number of benzene rings is 1. The number of ether oxygens (including phenoxy) is 1. The Balaban J connectivity index is 1.48. The quantitative estimate of drug-likeness (QED) is 0.869. The Labute approximate surface area is 139 Å². The van der Waals surface area contributed by atoms with E-state index in [1.54, 1.807) is 29.6 Å². The van der Waals surface area contributed by atoms with Crippen molar-refractivity contribution in [3.63, 3.8) is 0 Å². The minimum absolute atomic E-state index is 0.0143. The normalized spacial score (nSPS) is 20.3. The van der Waals surface area contributed by atoms with Crippen molar-refractivity contribution in [3.8, 4) is 5.75 Å². The third-order valence-corrected chi connectivity index (χ3v) is 4.04. The summed E-state index contributed by atoms with van der Waals surface area (Å²) < 4.78 is 20.7. The molecule has 1 fully saturated rings. The van der Waals surface area contributed by atoms with Gasteiger partial charge in [-0.15, -0.1) is 0 Å². The first-order valence-electron chi connectivity index (χ1n) is 7.95. The van der Waals surface area contributed by atoms with Gasteiger partial charge in [0.05, 0.1) is 19.4 Å². The summed E-state index contributed by atoms with van der Waals surface area (Å²) in [5.74, 6) is -0.0552. The van der Waals surface area contributed by atoms with Gasteiger partial charge in [-0.05, 0) is 18.6 Å². The van der Waals surface area contributed by atoms with Crippen molar-refractivity contribution in [3.05, 3.63) is 48.8 Å². The molecule has 0 bridgehead atoms. The van der Waals surface area contributed by atoms with E-state index in [0.717, 1.165) is 6.54 Å². The highest BCUT2D eigenvalue weighted by molar-refractivity contribution is 5.76. The fraction of sp³-hybridized carbons (Fsp3) is 0.412. The Morgan fingerprint density at radius 3 is 3.04 bits per heavy atom. The van der Waals surface area contributed by atoms with E-state index in [4.69, 9.17) is 4.74 Å². The van der Waals surface area contributed by atoms with Gasteiger partial charge in [0.2, 0.25) is 5.91 Å². The molecule has 0 spiro atoms. The van der Waals surface area contributed by atoms with Crippen LogP contribution in [0.3, 0.4) is 0 Å². The second-order valence-electron chi connectivity index (χ2n) is 5.88. The number of rotatable bonds is 6. The van der Waals surface area contributed by atoms with Gasteiger partial charge in [-0.1, -0.05) is 6.07 Å². The number of aromatic nitrogens is 2. The third-order valence-electron chi connectivity index (χ3n) is 4.04. The van der Waals surface area contributed by atoms with Crippen LogP contribution >= 0.6 is 0 Å². The lowest BCUT2D eigenvalue weighted by Crippen LogP contribution is -2.31. The third kappa shape index (κ3) is 4.11. The Morgan fingerprint density at radius 2 is 2.29 bits per heavy atom. The van der Waals surface area contributed by atoms with E-state index in [-0.39, 0.29) is 12.5 Å². The number of halogens is 1. The summed E-state index contributed by atoms with van der Waals surface area (Å²) in [6.45, 7) is 1.27.